The second-order valence-corrected chi connectivity index (χ2v) is 2.51. The number of fused-ring (bicyclic) bond motifs is 1. The lowest BCUT2D eigenvalue weighted by molar-refractivity contribution is 0.617. The zero-order valence-electron chi connectivity index (χ0n) is 5.75. The Morgan fingerprint density at radius 1 is 1.60 bits per heavy atom. The molecule has 10 heavy (non-hydrogen) atoms. The molecule has 2 aliphatic heterocycles. The normalized spacial score (nSPS) is 29.6. The number of aliphatic imine (C=N–C) groups is 1. The molecule has 0 spiro atoms. The Labute approximate surface area is 60.3 Å². The molecule has 0 saturated heterocycles. The van der Waals surface area contributed by atoms with E-state index >= 15 is 0 Å². The number of rotatable bonds is 0. The van der Waals surface area contributed by atoms with Gasteiger partial charge in [-0.1, -0.05) is 12.2 Å². The predicted molar refractivity (Wildman–Crippen MR) is 42.1 cm³/mol. The topological polar surface area (TPSA) is 24.4 Å². The molecule has 0 aromatic heterocycles. The average Bonchev–Trinajstić information content (AvgIpc) is 2.05. The molecule has 0 aromatic carbocycles. The van der Waals surface area contributed by atoms with Crippen LogP contribution in [-0.4, -0.2) is 18.8 Å². The minimum Gasteiger partial charge on any atom is -0.305 e. The van der Waals surface area contributed by atoms with E-state index in [1.165, 1.54) is 5.70 Å². The number of hydrogen-bond acceptors (Lipinski definition) is 2. The first-order valence-electron chi connectivity index (χ1n) is 3.61. The lowest BCUT2D eigenvalue weighted by atomic mass is 10.1. The van der Waals surface area contributed by atoms with Gasteiger partial charge >= 0.3 is 0 Å². The maximum absolute atomic E-state index is 4.24. The smallest absolute Gasteiger partial charge is 0.0681 e. The van der Waals surface area contributed by atoms with Crippen LogP contribution in [0.25, 0.3) is 0 Å². The highest BCUT2D eigenvalue weighted by Crippen LogP contribution is 2.13. The summed E-state index contributed by atoms with van der Waals surface area (Å²) in [6.07, 6.45) is 9.27. The van der Waals surface area contributed by atoms with Crippen molar-refractivity contribution in [3.05, 3.63) is 23.9 Å². The summed E-state index contributed by atoms with van der Waals surface area (Å²) in [7, 11) is 0. The zero-order chi connectivity index (χ0) is 6.81. The van der Waals surface area contributed by atoms with Gasteiger partial charge in [-0.25, -0.2) is 0 Å². The Hall–Kier alpha value is -0.890. The second kappa shape index (κ2) is 2.39. The molecule has 0 fully saturated rings. The first-order chi connectivity index (χ1) is 4.97. The van der Waals surface area contributed by atoms with Crippen molar-refractivity contribution in [1.29, 1.82) is 0 Å². The quantitative estimate of drug-likeness (QED) is 0.522. The summed E-state index contributed by atoms with van der Waals surface area (Å²) in [6.45, 7) is 1.08. The van der Waals surface area contributed by atoms with Gasteiger partial charge in [0.05, 0.1) is 11.7 Å². The van der Waals surface area contributed by atoms with Gasteiger partial charge in [-0.3, -0.25) is 4.99 Å². The second-order valence-electron chi connectivity index (χ2n) is 2.51. The van der Waals surface area contributed by atoms with Crippen molar-refractivity contribution in [2.75, 3.05) is 6.54 Å². The fourth-order valence-electron chi connectivity index (χ4n) is 1.28. The summed E-state index contributed by atoms with van der Waals surface area (Å²) >= 11 is 0. The number of nitrogens with one attached hydrogen (secondary N) is 1. The predicted octanol–water partition coefficient (Wildman–Crippen LogP) is 0.873. The molecular formula is C8H10N2. The van der Waals surface area contributed by atoms with Gasteiger partial charge in [0.2, 0.25) is 0 Å². The summed E-state index contributed by atoms with van der Waals surface area (Å²) in [5, 5.41) is 3.35. The third-order valence-corrected chi connectivity index (χ3v) is 1.79. The van der Waals surface area contributed by atoms with Crippen molar-refractivity contribution in [2.45, 2.75) is 12.5 Å². The van der Waals surface area contributed by atoms with Crippen LogP contribution < -0.4 is 5.32 Å². The van der Waals surface area contributed by atoms with Gasteiger partial charge in [-0.15, -0.1) is 0 Å². The van der Waals surface area contributed by atoms with E-state index in [9.17, 15) is 0 Å². The number of dihydropyridines is 1. The van der Waals surface area contributed by atoms with Gasteiger partial charge in [0.25, 0.3) is 0 Å². The summed E-state index contributed by atoms with van der Waals surface area (Å²) < 4.78 is 0. The Kier molecular flexibility index (Phi) is 1.40. The lowest BCUT2D eigenvalue weighted by Gasteiger charge is -2.21. The molecule has 1 unspecified atom stereocenters. The molecule has 0 bridgehead atoms. The molecule has 2 heteroatoms. The largest absolute Gasteiger partial charge is 0.305 e. The summed E-state index contributed by atoms with van der Waals surface area (Å²) in [5.41, 5.74) is 1.17. The third kappa shape index (κ3) is 0.907. The van der Waals surface area contributed by atoms with Crippen LogP contribution in [0.15, 0.2) is 28.9 Å². The van der Waals surface area contributed by atoms with Crippen LogP contribution in [0.1, 0.15) is 6.42 Å². The van der Waals surface area contributed by atoms with Crippen LogP contribution in [-0.2, 0) is 0 Å². The van der Waals surface area contributed by atoms with Crippen LogP contribution in [0.5, 0.6) is 0 Å². The maximum Gasteiger partial charge on any atom is 0.0681 e. The summed E-state index contributed by atoms with van der Waals surface area (Å²) in [6, 6.07) is 0.388. The van der Waals surface area contributed by atoms with E-state index in [4.69, 9.17) is 0 Å². The molecule has 2 heterocycles. The first-order valence-corrected chi connectivity index (χ1v) is 3.61. The van der Waals surface area contributed by atoms with Crippen molar-refractivity contribution < 1.29 is 0 Å². The number of allylic oxidation sites excluding steroid dienone is 1. The Morgan fingerprint density at radius 3 is 3.50 bits per heavy atom. The van der Waals surface area contributed by atoms with E-state index < -0.39 is 0 Å². The van der Waals surface area contributed by atoms with Crippen molar-refractivity contribution in [1.82, 2.24) is 5.32 Å². The lowest BCUT2D eigenvalue weighted by Crippen LogP contribution is -2.33. The van der Waals surface area contributed by atoms with E-state index in [1.807, 2.05) is 12.3 Å². The third-order valence-electron chi connectivity index (χ3n) is 1.79. The monoisotopic (exact) mass is 134 g/mol. The fourth-order valence-corrected chi connectivity index (χ4v) is 1.28. The van der Waals surface area contributed by atoms with E-state index in [-0.39, 0.29) is 0 Å². The highest BCUT2D eigenvalue weighted by Gasteiger charge is 2.13. The Bertz CT molecular complexity index is 213. The van der Waals surface area contributed by atoms with Gasteiger partial charge in [0.1, 0.15) is 0 Å². The molecular weight excluding hydrogens is 124 g/mol. The molecule has 0 aliphatic carbocycles. The van der Waals surface area contributed by atoms with Crippen LogP contribution in [0, 0.1) is 0 Å². The van der Waals surface area contributed by atoms with E-state index in [0.29, 0.717) is 6.04 Å². The summed E-state index contributed by atoms with van der Waals surface area (Å²) in [4.78, 5) is 4.24. The van der Waals surface area contributed by atoms with Crippen molar-refractivity contribution >= 4 is 6.21 Å². The van der Waals surface area contributed by atoms with Crippen LogP contribution in [0.2, 0.25) is 0 Å². The Balaban J connectivity index is 2.27. The van der Waals surface area contributed by atoms with Crippen LogP contribution in [0.4, 0.5) is 0 Å². The molecule has 0 aromatic rings. The minimum atomic E-state index is 0.388. The van der Waals surface area contributed by atoms with Crippen molar-refractivity contribution in [3.8, 4) is 0 Å². The standard InChI is InChI=1S/C8H10N2/c1-3-7-8(9-5-1)4-2-6-10-7/h1,3-5,7,10H,2,6H2. The SMILES string of the molecule is C1=CC2NCCC=C2N=C1. The van der Waals surface area contributed by atoms with Gasteiger partial charge in [-0.2, -0.15) is 0 Å². The molecule has 2 aliphatic rings. The van der Waals surface area contributed by atoms with E-state index in [0.717, 1.165) is 13.0 Å². The van der Waals surface area contributed by atoms with Gasteiger partial charge < -0.3 is 5.32 Å². The zero-order valence-corrected chi connectivity index (χ0v) is 5.75. The van der Waals surface area contributed by atoms with Crippen molar-refractivity contribution in [3.63, 3.8) is 0 Å². The minimum absolute atomic E-state index is 0.388. The molecule has 1 N–H and O–H groups in total. The van der Waals surface area contributed by atoms with Crippen molar-refractivity contribution in [2.24, 2.45) is 4.99 Å². The molecule has 0 radical (unpaired) electrons. The van der Waals surface area contributed by atoms with Gasteiger partial charge in [0.15, 0.2) is 0 Å². The molecule has 1 atom stereocenters. The van der Waals surface area contributed by atoms with Gasteiger partial charge in [0, 0.05) is 6.21 Å². The molecule has 52 valence electrons. The molecule has 2 nitrogen and oxygen atoms in total. The number of hydrogen-bond donors (Lipinski definition) is 1. The highest BCUT2D eigenvalue weighted by atomic mass is 15.0. The summed E-state index contributed by atoms with van der Waals surface area (Å²) in [5.74, 6) is 0. The fraction of sp³-hybridized carbons (Fsp3) is 0.375. The van der Waals surface area contributed by atoms with E-state index in [2.05, 4.69) is 22.5 Å². The molecule has 2 rings (SSSR count). The van der Waals surface area contributed by atoms with Gasteiger partial charge in [-0.05, 0) is 19.0 Å². The van der Waals surface area contributed by atoms with Crippen LogP contribution >= 0.6 is 0 Å². The molecule has 0 amide bonds. The van der Waals surface area contributed by atoms with Crippen LogP contribution in [0.3, 0.4) is 0 Å². The Morgan fingerprint density at radius 2 is 2.60 bits per heavy atom. The average molecular weight is 134 g/mol. The molecule has 0 saturated carbocycles. The van der Waals surface area contributed by atoms with E-state index in [1.54, 1.807) is 0 Å². The first kappa shape index (κ1) is 5.86. The highest BCUT2D eigenvalue weighted by molar-refractivity contribution is 5.74. The maximum atomic E-state index is 4.24. The number of nitrogens with zero attached hydrogens (tertiary/aromatic N) is 1.